The first-order valence-corrected chi connectivity index (χ1v) is 30.1. The number of hydrogen-bond donors (Lipinski definition) is 0. The molecule has 88 heavy (non-hydrogen) atoms. The summed E-state index contributed by atoms with van der Waals surface area (Å²) in [4.78, 5) is 10.6. The van der Waals surface area contributed by atoms with E-state index in [1.807, 2.05) is 0 Å². The van der Waals surface area contributed by atoms with Gasteiger partial charge in [-0.3, -0.25) is 9.13 Å². The summed E-state index contributed by atoms with van der Waals surface area (Å²) < 4.78 is 4.53. The van der Waals surface area contributed by atoms with E-state index in [0.29, 0.717) is 0 Å². The first-order chi connectivity index (χ1) is 43.6. The lowest BCUT2D eigenvalue weighted by Crippen LogP contribution is -1.97. The zero-order valence-corrected chi connectivity index (χ0v) is 48.0. The van der Waals surface area contributed by atoms with Crippen molar-refractivity contribution in [1.29, 1.82) is 0 Å². The summed E-state index contributed by atoms with van der Waals surface area (Å²) in [6, 6.07) is 119. The summed E-state index contributed by atoms with van der Waals surface area (Å²) >= 11 is 0. The van der Waals surface area contributed by atoms with Gasteiger partial charge >= 0.3 is 0 Å². The smallest absolute Gasteiger partial charge is 0.145 e. The van der Waals surface area contributed by atoms with Crippen LogP contribution in [0.25, 0.3) is 166 Å². The number of fused-ring (bicyclic) bond motifs is 6. The molecule has 0 fully saturated rings. The van der Waals surface area contributed by atoms with Crippen LogP contribution in [0.15, 0.2) is 328 Å². The molecule has 17 aromatic rings. The average Bonchev–Trinajstić information content (AvgIpc) is 1.13. The van der Waals surface area contributed by atoms with Crippen molar-refractivity contribution in [2.75, 3.05) is 0 Å². The minimum atomic E-state index is 0.924. The van der Waals surface area contributed by atoms with Crippen LogP contribution in [0.3, 0.4) is 0 Å². The van der Waals surface area contributed by atoms with E-state index >= 15 is 0 Å². The Morgan fingerprint density at radius 1 is 0.205 bits per heavy atom. The topological polar surface area (TPSA) is 35.6 Å². The molecule has 0 amide bonds. The van der Waals surface area contributed by atoms with Gasteiger partial charge in [-0.05, 0) is 171 Å². The molecule has 0 unspecified atom stereocenters. The summed E-state index contributed by atoms with van der Waals surface area (Å²) in [6.07, 6.45) is 0. The number of hydrogen-bond acceptors (Lipinski definition) is 2. The average molecular weight is 1120 g/mol. The predicted molar refractivity (Wildman–Crippen MR) is 369 cm³/mol. The highest BCUT2D eigenvalue weighted by Crippen LogP contribution is 2.49. The Kier molecular flexibility index (Phi) is 12.2. The molecule has 410 valence electrons. The maximum Gasteiger partial charge on any atom is 0.145 e. The van der Waals surface area contributed by atoms with Gasteiger partial charge in [0.1, 0.15) is 11.6 Å². The Morgan fingerprint density at radius 2 is 0.523 bits per heavy atom. The van der Waals surface area contributed by atoms with Gasteiger partial charge in [0.05, 0.1) is 22.1 Å². The third-order valence-electron chi connectivity index (χ3n) is 17.7. The van der Waals surface area contributed by atoms with Gasteiger partial charge < -0.3 is 0 Å². The fraction of sp³-hybridized carbons (Fsp3) is 0. The monoisotopic (exact) mass is 1120 g/mol. The standard InChI is InChI=1S/C84H54N4/c1-5-21-61(22-6-1)83-85-77-53-65(45-49-79(77)87(83)67-27-9-3-10-28-67)57-39-35-55(36-40-57)63-43-47-73-75(51-63)81(71-33-17-25-59-19-13-15-31-69(59)71)74-48-44-64(52-76(74)82(73)72-34-18-26-60-20-14-16-32-70(60)72)56-37-41-58(42-38-56)66-46-50-80-78(54-66)86-84(62-23-7-2-8-24-62)88(80)68-29-11-4-12-30-68/h1-54H. The molecule has 0 saturated heterocycles. The third kappa shape index (κ3) is 8.69. The van der Waals surface area contributed by atoms with Crippen molar-refractivity contribution in [2.45, 2.75) is 0 Å². The molecular weight excluding hydrogens is 1060 g/mol. The maximum atomic E-state index is 5.28. The fourth-order valence-electron chi connectivity index (χ4n) is 13.5. The number of aromatic nitrogens is 4. The minimum Gasteiger partial charge on any atom is -0.292 e. The summed E-state index contributed by atoms with van der Waals surface area (Å²) in [6.45, 7) is 0. The van der Waals surface area contributed by atoms with Crippen LogP contribution in [-0.2, 0) is 0 Å². The molecule has 0 aliphatic rings. The maximum absolute atomic E-state index is 5.28. The van der Waals surface area contributed by atoms with Crippen molar-refractivity contribution in [3.8, 4) is 101 Å². The second-order valence-corrected chi connectivity index (χ2v) is 22.8. The lowest BCUT2D eigenvalue weighted by Gasteiger charge is -2.21. The van der Waals surface area contributed by atoms with Crippen LogP contribution >= 0.6 is 0 Å². The molecule has 0 N–H and O–H groups in total. The van der Waals surface area contributed by atoms with E-state index in [9.17, 15) is 0 Å². The Morgan fingerprint density at radius 3 is 0.920 bits per heavy atom. The summed E-state index contributed by atoms with van der Waals surface area (Å²) in [7, 11) is 0. The first kappa shape index (κ1) is 50.8. The van der Waals surface area contributed by atoms with Crippen molar-refractivity contribution in [3.05, 3.63) is 328 Å². The van der Waals surface area contributed by atoms with E-state index in [2.05, 4.69) is 337 Å². The molecular formula is C84H54N4. The highest BCUT2D eigenvalue weighted by atomic mass is 15.1. The molecule has 0 aliphatic heterocycles. The van der Waals surface area contributed by atoms with Crippen molar-refractivity contribution >= 4 is 65.2 Å². The molecule has 4 nitrogen and oxygen atoms in total. The summed E-state index contributed by atoms with van der Waals surface area (Å²) in [5.41, 5.74) is 22.4. The van der Waals surface area contributed by atoms with Crippen LogP contribution in [0.1, 0.15) is 0 Å². The van der Waals surface area contributed by atoms with Crippen molar-refractivity contribution in [2.24, 2.45) is 0 Å². The highest BCUT2D eigenvalue weighted by molar-refractivity contribution is 6.26. The van der Waals surface area contributed by atoms with Crippen LogP contribution in [0.4, 0.5) is 0 Å². The number of rotatable bonds is 10. The fourth-order valence-corrected chi connectivity index (χ4v) is 13.5. The number of imidazole rings is 2. The zero-order valence-electron chi connectivity index (χ0n) is 48.0. The molecule has 17 rings (SSSR count). The Hall–Kier alpha value is -11.7. The van der Waals surface area contributed by atoms with Gasteiger partial charge in [-0.25, -0.2) is 9.97 Å². The predicted octanol–water partition coefficient (Wildman–Crippen LogP) is 22.3. The molecule has 4 heteroatoms. The van der Waals surface area contributed by atoms with Crippen molar-refractivity contribution in [1.82, 2.24) is 19.1 Å². The van der Waals surface area contributed by atoms with Gasteiger partial charge in [-0.2, -0.15) is 0 Å². The second-order valence-electron chi connectivity index (χ2n) is 22.8. The molecule has 0 aliphatic carbocycles. The molecule has 0 radical (unpaired) electrons. The Balaban J connectivity index is 0.800. The van der Waals surface area contributed by atoms with Crippen molar-refractivity contribution in [3.63, 3.8) is 0 Å². The molecule has 15 aromatic carbocycles. The lowest BCUT2D eigenvalue weighted by atomic mass is 9.82. The van der Waals surface area contributed by atoms with Crippen molar-refractivity contribution < 1.29 is 0 Å². The van der Waals surface area contributed by atoms with Gasteiger partial charge in [0, 0.05) is 22.5 Å². The molecule has 0 atom stereocenters. The molecule has 2 aromatic heterocycles. The van der Waals surface area contributed by atoms with Gasteiger partial charge in [-0.1, -0.05) is 267 Å². The number of benzene rings is 15. The summed E-state index contributed by atoms with van der Waals surface area (Å²) in [5.74, 6) is 1.85. The molecule has 0 saturated carbocycles. The first-order valence-electron chi connectivity index (χ1n) is 30.1. The van der Waals surface area contributed by atoms with Crippen LogP contribution in [0.2, 0.25) is 0 Å². The van der Waals surface area contributed by atoms with E-state index in [1.165, 1.54) is 65.3 Å². The van der Waals surface area contributed by atoms with E-state index < -0.39 is 0 Å². The van der Waals surface area contributed by atoms with Crippen LogP contribution < -0.4 is 0 Å². The van der Waals surface area contributed by atoms with Gasteiger partial charge in [0.15, 0.2) is 0 Å². The van der Waals surface area contributed by atoms with Crippen LogP contribution in [0.5, 0.6) is 0 Å². The quantitative estimate of drug-likeness (QED) is 0.128. The molecule has 2 heterocycles. The number of para-hydroxylation sites is 2. The zero-order chi connectivity index (χ0) is 58.1. The van der Waals surface area contributed by atoms with E-state index in [1.54, 1.807) is 0 Å². The van der Waals surface area contributed by atoms with E-state index in [-0.39, 0.29) is 0 Å². The second kappa shape index (κ2) is 21.1. The van der Waals surface area contributed by atoms with Gasteiger partial charge in [0.2, 0.25) is 0 Å². The molecule has 0 spiro atoms. The largest absolute Gasteiger partial charge is 0.292 e. The molecule has 0 bridgehead atoms. The van der Waals surface area contributed by atoms with E-state index in [0.717, 1.165) is 101 Å². The lowest BCUT2D eigenvalue weighted by molar-refractivity contribution is 1.10. The third-order valence-corrected chi connectivity index (χ3v) is 17.7. The summed E-state index contributed by atoms with van der Waals surface area (Å²) in [5, 5.41) is 9.71. The van der Waals surface area contributed by atoms with Crippen LogP contribution in [-0.4, -0.2) is 19.1 Å². The minimum absolute atomic E-state index is 0.924. The Labute approximate surface area is 509 Å². The van der Waals surface area contributed by atoms with Gasteiger partial charge in [0.25, 0.3) is 0 Å². The normalized spacial score (nSPS) is 11.6. The van der Waals surface area contributed by atoms with Crippen LogP contribution in [0, 0.1) is 0 Å². The SMILES string of the molecule is c1ccc(-c2nc3cc(-c4ccc(-c5ccc6c(-c7cccc8ccccc78)c7cc(-c8ccc(-c9ccc%10c(c9)nc(-c9ccccc9)n%10-c9ccccc9)cc8)ccc7c(-c7cccc8ccccc78)c6c5)cc4)ccc3n2-c2ccccc2)cc1. The Bertz CT molecular complexity index is 5160. The highest BCUT2D eigenvalue weighted by Gasteiger charge is 2.23. The number of nitrogens with zero attached hydrogens (tertiary/aromatic N) is 4. The van der Waals surface area contributed by atoms with Gasteiger partial charge in [-0.15, -0.1) is 0 Å². The van der Waals surface area contributed by atoms with E-state index in [4.69, 9.17) is 9.97 Å².